The minimum absolute atomic E-state index is 0.0325. The molecule has 0 spiro atoms. The summed E-state index contributed by atoms with van der Waals surface area (Å²) in [5, 5.41) is 16.7. The van der Waals surface area contributed by atoms with Crippen LogP contribution >= 0.6 is 0 Å². The predicted molar refractivity (Wildman–Crippen MR) is 81.3 cm³/mol. The molecule has 0 aliphatic carbocycles. The molecule has 0 amide bonds. The number of nitrogens with one attached hydrogen (secondary N) is 1. The number of hydrogen-bond acceptors (Lipinski definition) is 5. The van der Waals surface area contributed by atoms with E-state index in [2.05, 4.69) is 11.4 Å². The normalized spacial score (nSPS) is 10.9. The molecule has 0 atom stereocenters. The summed E-state index contributed by atoms with van der Waals surface area (Å²) in [4.78, 5) is -0.0325. The molecule has 0 aromatic heterocycles. The number of nitrogens with zero attached hydrogens (tertiary/aromatic N) is 1. The van der Waals surface area contributed by atoms with E-state index in [1.165, 1.54) is 12.1 Å². The summed E-state index contributed by atoms with van der Waals surface area (Å²) in [7, 11) is -3.77. The van der Waals surface area contributed by atoms with Gasteiger partial charge >= 0.3 is 0 Å². The second-order valence-corrected chi connectivity index (χ2v) is 6.01. The zero-order valence-electron chi connectivity index (χ0n) is 11.1. The molecule has 0 aliphatic rings. The van der Waals surface area contributed by atoms with Crippen molar-refractivity contribution in [2.75, 3.05) is 11.1 Å². The summed E-state index contributed by atoms with van der Waals surface area (Å²) in [5.74, 6) is 0. The Labute approximate surface area is 123 Å². The Bertz CT molecular complexity index is 793. The fourth-order valence-electron chi connectivity index (χ4n) is 1.78. The van der Waals surface area contributed by atoms with Crippen LogP contribution in [0.1, 0.15) is 5.56 Å². The number of anilines is 3. The van der Waals surface area contributed by atoms with Crippen molar-refractivity contribution in [1.29, 1.82) is 5.26 Å². The Hall–Kier alpha value is -2.56. The fourth-order valence-corrected chi connectivity index (χ4v) is 2.33. The van der Waals surface area contributed by atoms with Crippen molar-refractivity contribution in [3.63, 3.8) is 0 Å². The Balaban J connectivity index is 2.22. The largest absolute Gasteiger partial charge is 0.397 e. The third-order valence-corrected chi connectivity index (χ3v) is 3.78. The second kappa shape index (κ2) is 5.83. The maximum Gasteiger partial charge on any atom is 0.238 e. The quantitative estimate of drug-likeness (QED) is 0.742. The number of nitriles is 1. The van der Waals surface area contributed by atoms with E-state index < -0.39 is 10.0 Å². The van der Waals surface area contributed by atoms with Crippen molar-refractivity contribution in [2.24, 2.45) is 5.14 Å². The van der Waals surface area contributed by atoms with Crippen LogP contribution in [0.4, 0.5) is 17.1 Å². The smallest absolute Gasteiger partial charge is 0.238 e. The number of nitrogens with two attached hydrogens (primary N) is 2. The van der Waals surface area contributed by atoms with Gasteiger partial charge in [-0.15, -0.1) is 0 Å². The first-order chi connectivity index (χ1) is 9.90. The van der Waals surface area contributed by atoms with Crippen LogP contribution in [0.5, 0.6) is 0 Å². The lowest BCUT2D eigenvalue weighted by Gasteiger charge is -2.10. The third-order valence-electron chi connectivity index (χ3n) is 2.87. The lowest BCUT2D eigenvalue weighted by Crippen LogP contribution is -2.12. The third kappa shape index (κ3) is 3.72. The van der Waals surface area contributed by atoms with E-state index in [-0.39, 0.29) is 10.6 Å². The highest BCUT2D eigenvalue weighted by Crippen LogP contribution is 2.25. The number of benzene rings is 2. The van der Waals surface area contributed by atoms with Gasteiger partial charge in [-0.05, 0) is 35.9 Å². The lowest BCUT2D eigenvalue weighted by molar-refractivity contribution is 0.598. The molecule has 21 heavy (non-hydrogen) atoms. The highest BCUT2D eigenvalue weighted by atomic mass is 32.2. The van der Waals surface area contributed by atoms with E-state index in [4.69, 9.17) is 16.1 Å². The van der Waals surface area contributed by atoms with Gasteiger partial charge in [0, 0.05) is 5.69 Å². The lowest BCUT2D eigenvalue weighted by atomic mass is 10.1. The van der Waals surface area contributed by atoms with E-state index in [0.717, 1.165) is 11.3 Å². The monoisotopic (exact) mass is 302 g/mol. The molecule has 2 rings (SSSR count). The number of hydrogen-bond donors (Lipinski definition) is 3. The molecule has 0 bridgehead atoms. The van der Waals surface area contributed by atoms with Crippen molar-refractivity contribution in [3.05, 3.63) is 48.0 Å². The summed E-state index contributed by atoms with van der Waals surface area (Å²) in [6.07, 6.45) is 0.353. The molecule has 108 valence electrons. The average Bonchev–Trinajstić information content (AvgIpc) is 2.42. The summed E-state index contributed by atoms with van der Waals surface area (Å²) < 4.78 is 22.5. The van der Waals surface area contributed by atoms with Crippen molar-refractivity contribution in [3.8, 4) is 6.07 Å². The van der Waals surface area contributed by atoms with Gasteiger partial charge in [-0.25, -0.2) is 13.6 Å². The van der Waals surface area contributed by atoms with Crippen molar-refractivity contribution in [1.82, 2.24) is 0 Å². The number of sulfonamides is 1. The van der Waals surface area contributed by atoms with Gasteiger partial charge in [0.1, 0.15) is 0 Å². The Morgan fingerprint density at radius 3 is 2.33 bits per heavy atom. The highest BCUT2D eigenvalue weighted by Gasteiger charge is 2.10. The highest BCUT2D eigenvalue weighted by molar-refractivity contribution is 7.89. The average molecular weight is 302 g/mol. The van der Waals surface area contributed by atoms with Gasteiger partial charge in [0.25, 0.3) is 0 Å². The van der Waals surface area contributed by atoms with Crippen LogP contribution in [0.25, 0.3) is 0 Å². The van der Waals surface area contributed by atoms with Crippen LogP contribution < -0.4 is 16.2 Å². The Morgan fingerprint density at radius 2 is 1.81 bits per heavy atom. The van der Waals surface area contributed by atoms with E-state index in [9.17, 15) is 8.42 Å². The summed E-state index contributed by atoms with van der Waals surface area (Å²) in [5.41, 5.74) is 8.38. The van der Waals surface area contributed by atoms with Crippen LogP contribution in [0.15, 0.2) is 47.4 Å². The van der Waals surface area contributed by atoms with Crippen LogP contribution in [-0.4, -0.2) is 8.42 Å². The SMILES string of the molecule is N#CCc1ccc(Nc2ccc(S(N)(=O)=O)cc2N)cc1. The molecule has 2 aromatic carbocycles. The van der Waals surface area contributed by atoms with Gasteiger partial charge in [0.2, 0.25) is 10.0 Å². The van der Waals surface area contributed by atoms with Crippen LogP contribution in [0.2, 0.25) is 0 Å². The summed E-state index contributed by atoms with van der Waals surface area (Å²) in [6, 6.07) is 13.6. The molecule has 5 N–H and O–H groups in total. The first-order valence-corrected chi connectivity index (χ1v) is 7.60. The van der Waals surface area contributed by atoms with Crippen molar-refractivity contribution < 1.29 is 8.42 Å². The molecule has 0 saturated heterocycles. The van der Waals surface area contributed by atoms with Gasteiger partial charge in [-0.3, -0.25) is 0 Å². The molecule has 7 heteroatoms. The molecule has 0 saturated carbocycles. The van der Waals surface area contributed by atoms with Crippen molar-refractivity contribution >= 4 is 27.1 Å². The van der Waals surface area contributed by atoms with Crippen LogP contribution in [0, 0.1) is 11.3 Å². The molecule has 0 fully saturated rings. The van der Waals surface area contributed by atoms with E-state index in [1.54, 1.807) is 6.07 Å². The first kappa shape index (κ1) is 14.8. The van der Waals surface area contributed by atoms with Crippen LogP contribution in [-0.2, 0) is 16.4 Å². The minimum atomic E-state index is -3.77. The number of nitrogen functional groups attached to an aromatic ring is 1. The molecule has 0 heterocycles. The van der Waals surface area contributed by atoms with Gasteiger partial charge in [-0.1, -0.05) is 12.1 Å². The predicted octanol–water partition coefficient (Wildman–Crippen LogP) is 1.73. The molecule has 2 aromatic rings. The first-order valence-electron chi connectivity index (χ1n) is 6.05. The molecular weight excluding hydrogens is 288 g/mol. The van der Waals surface area contributed by atoms with Gasteiger partial charge in [0.05, 0.1) is 28.8 Å². The Kier molecular flexibility index (Phi) is 4.12. The summed E-state index contributed by atoms with van der Waals surface area (Å²) >= 11 is 0. The van der Waals surface area contributed by atoms with E-state index >= 15 is 0 Å². The molecule has 0 radical (unpaired) electrons. The Morgan fingerprint density at radius 1 is 1.14 bits per heavy atom. The van der Waals surface area contributed by atoms with E-state index in [0.29, 0.717) is 12.1 Å². The molecule has 0 aliphatic heterocycles. The zero-order valence-corrected chi connectivity index (χ0v) is 11.9. The second-order valence-electron chi connectivity index (χ2n) is 4.45. The standard InChI is InChI=1S/C14H14N4O2S/c15-8-7-10-1-3-11(4-2-10)18-14-6-5-12(9-13(14)16)21(17,19)20/h1-6,9,18H,7,16H2,(H2,17,19,20). The molecular formula is C14H14N4O2S. The van der Waals surface area contributed by atoms with Gasteiger partial charge < -0.3 is 11.1 Å². The molecule has 0 unspecified atom stereocenters. The molecule has 6 nitrogen and oxygen atoms in total. The fraction of sp³-hybridized carbons (Fsp3) is 0.0714. The van der Waals surface area contributed by atoms with Crippen LogP contribution in [0.3, 0.4) is 0 Å². The van der Waals surface area contributed by atoms with E-state index in [1.807, 2.05) is 24.3 Å². The maximum atomic E-state index is 11.2. The van der Waals surface area contributed by atoms with Gasteiger partial charge in [0.15, 0.2) is 0 Å². The number of rotatable bonds is 4. The van der Waals surface area contributed by atoms with Crippen molar-refractivity contribution in [2.45, 2.75) is 11.3 Å². The van der Waals surface area contributed by atoms with Gasteiger partial charge in [-0.2, -0.15) is 5.26 Å². The minimum Gasteiger partial charge on any atom is -0.397 e. The number of primary sulfonamides is 1. The topological polar surface area (TPSA) is 122 Å². The maximum absolute atomic E-state index is 11.2. The zero-order chi connectivity index (χ0) is 15.5. The summed E-state index contributed by atoms with van der Waals surface area (Å²) in [6.45, 7) is 0.